The SMILES string of the molecule is COc1ccc(Cl)cc1C1(CNc2ccc(C#N)cc2)CCOCC1. The Kier molecular flexibility index (Phi) is 5.47. The highest BCUT2D eigenvalue weighted by Crippen LogP contribution is 2.41. The fourth-order valence-corrected chi connectivity index (χ4v) is 3.50. The van der Waals surface area contributed by atoms with Gasteiger partial charge in [-0.15, -0.1) is 0 Å². The Morgan fingerprint density at radius 1 is 1.20 bits per heavy atom. The monoisotopic (exact) mass is 356 g/mol. The third kappa shape index (κ3) is 3.89. The zero-order valence-corrected chi connectivity index (χ0v) is 15.0. The third-order valence-corrected chi connectivity index (χ3v) is 5.06. The van der Waals surface area contributed by atoms with Crippen molar-refractivity contribution in [2.75, 3.05) is 32.2 Å². The molecule has 1 aliphatic rings. The maximum absolute atomic E-state index is 8.92. The van der Waals surface area contributed by atoms with E-state index in [4.69, 9.17) is 26.3 Å². The minimum atomic E-state index is -0.109. The highest BCUT2D eigenvalue weighted by atomic mass is 35.5. The van der Waals surface area contributed by atoms with Gasteiger partial charge in [0.1, 0.15) is 5.75 Å². The molecule has 0 unspecified atom stereocenters. The van der Waals surface area contributed by atoms with Crippen LogP contribution < -0.4 is 10.1 Å². The average molecular weight is 357 g/mol. The number of ether oxygens (including phenoxy) is 2. The molecule has 130 valence electrons. The van der Waals surface area contributed by atoms with E-state index in [-0.39, 0.29) is 5.41 Å². The maximum atomic E-state index is 8.92. The summed E-state index contributed by atoms with van der Waals surface area (Å²) in [6, 6.07) is 15.4. The predicted octanol–water partition coefficient (Wildman–Crippen LogP) is 4.38. The van der Waals surface area contributed by atoms with Crippen molar-refractivity contribution in [3.8, 4) is 11.8 Å². The van der Waals surface area contributed by atoms with Gasteiger partial charge in [0.25, 0.3) is 0 Å². The number of hydrogen-bond acceptors (Lipinski definition) is 4. The van der Waals surface area contributed by atoms with E-state index in [2.05, 4.69) is 11.4 Å². The van der Waals surface area contributed by atoms with E-state index in [1.807, 2.05) is 42.5 Å². The lowest BCUT2D eigenvalue weighted by Gasteiger charge is -2.39. The standard InChI is InChI=1S/C20H21ClN2O2/c1-24-19-7-4-16(21)12-18(19)20(8-10-25-11-9-20)14-23-17-5-2-15(13-22)3-6-17/h2-7,12,23H,8-11,14H2,1H3. The first-order valence-electron chi connectivity index (χ1n) is 8.33. The quantitative estimate of drug-likeness (QED) is 0.863. The summed E-state index contributed by atoms with van der Waals surface area (Å²) in [5.41, 5.74) is 2.66. The number of nitrogens with one attached hydrogen (secondary N) is 1. The molecule has 3 rings (SSSR count). The summed E-state index contributed by atoms with van der Waals surface area (Å²) >= 11 is 6.27. The zero-order valence-electron chi connectivity index (χ0n) is 14.2. The van der Waals surface area contributed by atoms with Gasteiger partial charge in [-0.3, -0.25) is 0 Å². The minimum absolute atomic E-state index is 0.109. The second-order valence-corrected chi connectivity index (χ2v) is 6.72. The highest BCUT2D eigenvalue weighted by Gasteiger charge is 2.37. The average Bonchev–Trinajstić information content (AvgIpc) is 2.67. The van der Waals surface area contributed by atoms with Crippen LogP contribution in [-0.4, -0.2) is 26.9 Å². The first-order valence-corrected chi connectivity index (χ1v) is 8.70. The van der Waals surface area contributed by atoms with Crippen molar-refractivity contribution in [2.45, 2.75) is 18.3 Å². The van der Waals surface area contributed by atoms with Gasteiger partial charge >= 0.3 is 0 Å². The third-order valence-electron chi connectivity index (χ3n) is 4.83. The lowest BCUT2D eigenvalue weighted by molar-refractivity contribution is 0.0536. The Bertz CT molecular complexity index is 762. The van der Waals surface area contributed by atoms with Crippen LogP contribution in [0.15, 0.2) is 42.5 Å². The first kappa shape index (κ1) is 17.6. The van der Waals surface area contributed by atoms with Gasteiger partial charge in [-0.25, -0.2) is 0 Å². The van der Waals surface area contributed by atoms with E-state index in [0.717, 1.165) is 36.4 Å². The fourth-order valence-electron chi connectivity index (χ4n) is 3.33. The summed E-state index contributed by atoms with van der Waals surface area (Å²) in [7, 11) is 1.69. The molecule has 1 heterocycles. The van der Waals surface area contributed by atoms with Crippen LogP contribution in [0.5, 0.6) is 5.75 Å². The van der Waals surface area contributed by atoms with Gasteiger partial charge in [0.15, 0.2) is 0 Å². The highest BCUT2D eigenvalue weighted by molar-refractivity contribution is 6.30. The van der Waals surface area contributed by atoms with E-state index < -0.39 is 0 Å². The summed E-state index contributed by atoms with van der Waals surface area (Å²) in [6.45, 7) is 2.17. The molecule has 1 N–H and O–H groups in total. The Balaban J connectivity index is 1.88. The topological polar surface area (TPSA) is 54.3 Å². The number of methoxy groups -OCH3 is 1. The summed E-state index contributed by atoms with van der Waals surface area (Å²) in [5.74, 6) is 0.855. The van der Waals surface area contributed by atoms with Gasteiger partial charge in [0, 0.05) is 41.4 Å². The molecule has 1 fully saturated rings. The molecule has 0 aromatic heterocycles. The minimum Gasteiger partial charge on any atom is -0.496 e. The zero-order chi connectivity index (χ0) is 17.7. The molecule has 2 aromatic carbocycles. The molecule has 1 aliphatic heterocycles. The smallest absolute Gasteiger partial charge is 0.122 e. The van der Waals surface area contributed by atoms with E-state index >= 15 is 0 Å². The Morgan fingerprint density at radius 2 is 1.92 bits per heavy atom. The Morgan fingerprint density at radius 3 is 2.56 bits per heavy atom. The summed E-state index contributed by atoms with van der Waals surface area (Å²) in [5, 5.41) is 13.1. The molecule has 0 bridgehead atoms. The van der Waals surface area contributed by atoms with Crippen LogP contribution in [0.1, 0.15) is 24.0 Å². The Hall–Kier alpha value is -2.22. The van der Waals surface area contributed by atoms with Crippen molar-refractivity contribution < 1.29 is 9.47 Å². The number of halogens is 1. The molecule has 2 aromatic rings. The maximum Gasteiger partial charge on any atom is 0.122 e. The van der Waals surface area contributed by atoms with Gasteiger partial charge < -0.3 is 14.8 Å². The van der Waals surface area contributed by atoms with Crippen molar-refractivity contribution in [1.82, 2.24) is 0 Å². The van der Waals surface area contributed by atoms with Gasteiger partial charge in [-0.05, 0) is 55.3 Å². The normalized spacial score (nSPS) is 16.0. The second kappa shape index (κ2) is 7.77. The molecule has 4 nitrogen and oxygen atoms in total. The van der Waals surface area contributed by atoms with Crippen molar-refractivity contribution in [1.29, 1.82) is 5.26 Å². The molecule has 0 atom stereocenters. The molecule has 0 radical (unpaired) electrons. The largest absolute Gasteiger partial charge is 0.496 e. The van der Waals surface area contributed by atoms with Gasteiger partial charge in [-0.2, -0.15) is 5.26 Å². The second-order valence-electron chi connectivity index (χ2n) is 6.28. The summed E-state index contributed by atoms with van der Waals surface area (Å²) in [6.07, 6.45) is 1.79. The van der Waals surface area contributed by atoms with E-state index in [1.54, 1.807) is 7.11 Å². The van der Waals surface area contributed by atoms with E-state index in [1.165, 1.54) is 0 Å². The number of benzene rings is 2. The Labute approximate surface area is 153 Å². The van der Waals surface area contributed by atoms with Gasteiger partial charge in [-0.1, -0.05) is 11.6 Å². The summed E-state index contributed by atoms with van der Waals surface area (Å²) in [4.78, 5) is 0. The van der Waals surface area contributed by atoms with E-state index in [0.29, 0.717) is 23.8 Å². The summed E-state index contributed by atoms with van der Waals surface area (Å²) < 4.78 is 11.2. The molecular weight excluding hydrogens is 336 g/mol. The number of rotatable bonds is 5. The number of anilines is 1. The molecule has 0 aliphatic carbocycles. The number of hydrogen-bond donors (Lipinski definition) is 1. The van der Waals surface area contributed by atoms with Crippen LogP contribution in [0.25, 0.3) is 0 Å². The van der Waals surface area contributed by atoms with Crippen LogP contribution in [0.3, 0.4) is 0 Å². The lowest BCUT2D eigenvalue weighted by Crippen LogP contribution is -2.40. The number of nitriles is 1. The van der Waals surface area contributed by atoms with Crippen molar-refractivity contribution in [2.24, 2.45) is 0 Å². The van der Waals surface area contributed by atoms with Crippen LogP contribution in [0.4, 0.5) is 5.69 Å². The molecule has 0 amide bonds. The van der Waals surface area contributed by atoms with Crippen molar-refractivity contribution in [3.63, 3.8) is 0 Å². The van der Waals surface area contributed by atoms with Crippen LogP contribution >= 0.6 is 11.6 Å². The van der Waals surface area contributed by atoms with Gasteiger partial charge in [0.05, 0.1) is 18.7 Å². The lowest BCUT2D eigenvalue weighted by atomic mass is 9.73. The van der Waals surface area contributed by atoms with Crippen molar-refractivity contribution >= 4 is 17.3 Å². The van der Waals surface area contributed by atoms with Crippen LogP contribution in [-0.2, 0) is 10.2 Å². The fraction of sp³-hybridized carbons (Fsp3) is 0.350. The van der Waals surface area contributed by atoms with E-state index in [9.17, 15) is 0 Å². The number of nitrogens with zero attached hydrogens (tertiary/aromatic N) is 1. The molecule has 0 saturated carbocycles. The van der Waals surface area contributed by atoms with Gasteiger partial charge in [0.2, 0.25) is 0 Å². The molecule has 5 heteroatoms. The van der Waals surface area contributed by atoms with Crippen LogP contribution in [0.2, 0.25) is 5.02 Å². The molecule has 1 saturated heterocycles. The molecule has 25 heavy (non-hydrogen) atoms. The molecule has 0 spiro atoms. The first-order chi connectivity index (χ1) is 12.2. The predicted molar refractivity (Wildman–Crippen MR) is 99.4 cm³/mol. The van der Waals surface area contributed by atoms with Crippen LogP contribution in [0, 0.1) is 11.3 Å². The van der Waals surface area contributed by atoms with Crippen molar-refractivity contribution in [3.05, 3.63) is 58.6 Å². The molecular formula is C20H21ClN2O2.